The molecule has 20 heavy (non-hydrogen) atoms. The second-order valence-electron chi connectivity index (χ2n) is 3.85. The summed E-state index contributed by atoms with van der Waals surface area (Å²) in [5.74, 6) is -0.911. The van der Waals surface area contributed by atoms with E-state index in [9.17, 15) is 19.7 Å². The summed E-state index contributed by atoms with van der Waals surface area (Å²) < 4.78 is 5.06. The van der Waals surface area contributed by atoms with Crippen molar-refractivity contribution in [3.05, 3.63) is 28.0 Å². The summed E-state index contributed by atoms with van der Waals surface area (Å²) >= 11 is 1.06. The molecule has 0 fully saturated rings. The highest BCUT2D eigenvalue weighted by atomic mass is 32.2. The van der Waals surface area contributed by atoms with Crippen LogP contribution < -0.4 is 5.32 Å². The number of carbonyl (C=O) groups excluding carboxylic acids is 2. The number of amidine groups is 1. The third-order valence-corrected chi connectivity index (χ3v) is 3.35. The molecule has 0 aromatic carbocycles. The fourth-order valence-corrected chi connectivity index (χ4v) is 2.61. The van der Waals surface area contributed by atoms with Gasteiger partial charge in [0.15, 0.2) is 10.5 Å². The van der Waals surface area contributed by atoms with Crippen LogP contribution in [0.1, 0.15) is 25.0 Å². The van der Waals surface area contributed by atoms with Crippen LogP contribution in [0.3, 0.4) is 0 Å². The van der Waals surface area contributed by atoms with Crippen LogP contribution in [0.25, 0.3) is 0 Å². The average molecular weight is 298 g/mol. The van der Waals surface area contributed by atoms with Gasteiger partial charge in [-0.1, -0.05) is 11.8 Å². The Morgan fingerprint density at radius 2 is 2.20 bits per heavy atom. The maximum atomic E-state index is 11.5. The van der Waals surface area contributed by atoms with E-state index < -0.39 is 16.2 Å². The Kier molecular flexibility index (Phi) is 3.74. The third-order valence-electron chi connectivity index (χ3n) is 2.29. The number of nitro groups is 1. The number of nitrogens with zero attached hydrogens (tertiary/aromatic N) is 3. The number of carbonyl (C=O) groups is 2. The molecule has 1 aromatic heterocycles. The Hall–Kier alpha value is -2.36. The van der Waals surface area contributed by atoms with E-state index in [2.05, 4.69) is 10.4 Å². The summed E-state index contributed by atoms with van der Waals surface area (Å²) in [6, 6.07) is 2.60. The summed E-state index contributed by atoms with van der Waals surface area (Å²) in [6.45, 7) is 2.61. The fourth-order valence-electron chi connectivity index (χ4n) is 1.52. The molecule has 1 aliphatic heterocycles. The highest BCUT2D eigenvalue weighted by molar-refractivity contribution is 8.14. The van der Waals surface area contributed by atoms with E-state index in [4.69, 9.17) is 4.42 Å². The Balaban J connectivity index is 2.24. The van der Waals surface area contributed by atoms with Gasteiger partial charge in [0.25, 0.3) is 0 Å². The van der Waals surface area contributed by atoms with Crippen molar-refractivity contribution in [2.45, 2.75) is 19.2 Å². The molecule has 2 rings (SSSR count). The first-order valence-electron chi connectivity index (χ1n) is 5.45. The van der Waals surface area contributed by atoms with Crippen molar-refractivity contribution < 1.29 is 18.9 Å². The largest absolute Gasteiger partial charge is 0.433 e. The van der Waals surface area contributed by atoms with Crippen LogP contribution in [0.2, 0.25) is 0 Å². The monoisotopic (exact) mass is 298 g/mol. The quantitative estimate of drug-likeness (QED) is 0.647. The minimum atomic E-state index is -0.678. The van der Waals surface area contributed by atoms with Gasteiger partial charge in [-0.2, -0.15) is 0 Å². The molecule has 1 N–H and O–H groups in total. The number of amides is 2. The van der Waals surface area contributed by atoms with Gasteiger partial charge in [0, 0.05) is 13.8 Å². The van der Waals surface area contributed by atoms with Crippen LogP contribution in [-0.2, 0) is 9.59 Å². The van der Waals surface area contributed by atoms with Gasteiger partial charge in [-0.05, 0) is 6.07 Å². The Morgan fingerprint density at radius 3 is 2.70 bits per heavy atom. The van der Waals surface area contributed by atoms with Crippen LogP contribution in [0.15, 0.2) is 21.7 Å². The molecule has 2 amide bonds. The summed E-state index contributed by atoms with van der Waals surface area (Å²) in [6.07, 6.45) is 0. The van der Waals surface area contributed by atoms with Gasteiger partial charge in [0.05, 0.1) is 6.07 Å². The van der Waals surface area contributed by atoms with E-state index in [1.54, 1.807) is 0 Å². The van der Waals surface area contributed by atoms with Crippen molar-refractivity contribution in [2.24, 2.45) is 5.10 Å². The smallest absolute Gasteiger partial charge is 0.403 e. The molecular formula is C10H10N4O5S. The molecule has 0 bridgehead atoms. The van der Waals surface area contributed by atoms with Crippen LogP contribution in [0, 0.1) is 10.1 Å². The molecule has 10 heteroatoms. The molecular weight excluding hydrogens is 288 g/mol. The van der Waals surface area contributed by atoms with Crippen LogP contribution in [0.5, 0.6) is 0 Å². The van der Waals surface area contributed by atoms with Gasteiger partial charge < -0.3 is 9.73 Å². The molecule has 1 aliphatic rings. The van der Waals surface area contributed by atoms with Gasteiger partial charge in [-0.25, -0.2) is 5.01 Å². The number of furan rings is 1. The molecule has 0 saturated carbocycles. The van der Waals surface area contributed by atoms with E-state index >= 15 is 0 Å². The summed E-state index contributed by atoms with van der Waals surface area (Å²) in [5, 5.41) is 17.6. The number of thioether (sulfide) groups is 1. The van der Waals surface area contributed by atoms with Gasteiger partial charge in [0.1, 0.15) is 10.7 Å². The Morgan fingerprint density at radius 1 is 1.50 bits per heavy atom. The first-order valence-corrected chi connectivity index (χ1v) is 6.33. The summed E-state index contributed by atoms with van der Waals surface area (Å²) in [4.78, 5) is 32.4. The molecule has 106 valence electrons. The van der Waals surface area contributed by atoms with E-state index in [-0.39, 0.29) is 22.7 Å². The molecule has 2 heterocycles. The zero-order chi connectivity index (χ0) is 14.9. The molecule has 0 spiro atoms. The predicted molar refractivity (Wildman–Crippen MR) is 69.5 cm³/mol. The van der Waals surface area contributed by atoms with Crippen molar-refractivity contribution >= 4 is 34.6 Å². The summed E-state index contributed by atoms with van der Waals surface area (Å²) in [5.41, 5.74) is 0. The molecule has 9 nitrogen and oxygen atoms in total. The lowest BCUT2D eigenvalue weighted by atomic mass is 10.4. The minimum absolute atomic E-state index is 0.209. The number of hydrogen-bond donors (Lipinski definition) is 1. The maximum absolute atomic E-state index is 11.5. The van der Waals surface area contributed by atoms with Gasteiger partial charge >= 0.3 is 5.88 Å². The van der Waals surface area contributed by atoms with Gasteiger partial charge in [0.2, 0.25) is 11.8 Å². The highest BCUT2D eigenvalue weighted by Gasteiger charge is 2.35. The van der Waals surface area contributed by atoms with Crippen molar-refractivity contribution in [1.29, 1.82) is 0 Å². The van der Waals surface area contributed by atoms with E-state index in [0.717, 1.165) is 16.8 Å². The van der Waals surface area contributed by atoms with Crippen molar-refractivity contribution in [1.82, 2.24) is 10.3 Å². The lowest BCUT2D eigenvalue weighted by Crippen LogP contribution is -2.25. The van der Waals surface area contributed by atoms with Gasteiger partial charge in [-0.15, -0.1) is 5.10 Å². The Bertz CT molecular complexity index is 611. The van der Waals surface area contributed by atoms with Crippen LogP contribution >= 0.6 is 11.8 Å². The zero-order valence-electron chi connectivity index (χ0n) is 10.5. The second kappa shape index (κ2) is 5.33. The van der Waals surface area contributed by atoms with Crippen LogP contribution in [-0.4, -0.2) is 26.9 Å². The first kappa shape index (κ1) is 14.1. The predicted octanol–water partition coefficient (Wildman–Crippen LogP) is 1.19. The second-order valence-corrected chi connectivity index (χ2v) is 4.92. The molecule has 1 aromatic rings. The molecule has 0 saturated heterocycles. The number of rotatable bonds is 2. The maximum Gasteiger partial charge on any atom is 0.433 e. The minimum Gasteiger partial charge on any atom is -0.403 e. The summed E-state index contributed by atoms with van der Waals surface area (Å²) in [7, 11) is 0. The zero-order valence-corrected chi connectivity index (χ0v) is 11.3. The molecule has 1 unspecified atom stereocenters. The van der Waals surface area contributed by atoms with Gasteiger partial charge in [-0.3, -0.25) is 19.7 Å². The highest BCUT2D eigenvalue weighted by Crippen LogP contribution is 2.40. The normalized spacial score (nSPS) is 17.8. The number of hydrogen-bond acceptors (Lipinski definition) is 7. The van der Waals surface area contributed by atoms with E-state index in [1.807, 2.05) is 0 Å². The van der Waals surface area contributed by atoms with E-state index in [1.165, 1.54) is 26.0 Å². The number of nitrogens with one attached hydrogen (secondary N) is 1. The lowest BCUT2D eigenvalue weighted by molar-refractivity contribution is -0.402. The molecule has 0 radical (unpaired) electrons. The van der Waals surface area contributed by atoms with Crippen molar-refractivity contribution in [2.75, 3.05) is 0 Å². The first-order chi connectivity index (χ1) is 9.38. The van der Waals surface area contributed by atoms with E-state index in [0.29, 0.717) is 0 Å². The van der Waals surface area contributed by atoms with Crippen molar-refractivity contribution in [3.63, 3.8) is 0 Å². The standard InChI is InChI=1S/C10H10N4O5S/c1-5(15)11-10-12-13(6(2)16)9(20-10)7-3-4-8(19-7)14(17)18/h3-4,9H,1-2H3,(H,11,12,15). The van der Waals surface area contributed by atoms with Crippen LogP contribution in [0.4, 0.5) is 5.88 Å². The average Bonchev–Trinajstić information content (AvgIpc) is 2.93. The lowest BCUT2D eigenvalue weighted by Gasteiger charge is -2.15. The topological polar surface area (TPSA) is 118 Å². The number of hydrazone groups is 1. The third kappa shape index (κ3) is 2.79. The van der Waals surface area contributed by atoms with Crippen molar-refractivity contribution in [3.8, 4) is 0 Å². The fraction of sp³-hybridized carbons (Fsp3) is 0.300. The SMILES string of the molecule is CC(=O)NC1=NN(C(C)=O)C(c2ccc([N+](=O)[O-])o2)S1. The molecule has 1 atom stereocenters. The molecule has 0 aliphatic carbocycles. The Labute approximate surface area is 117 Å².